The van der Waals surface area contributed by atoms with E-state index in [-0.39, 0.29) is 19.8 Å². The summed E-state index contributed by atoms with van der Waals surface area (Å²) in [6.45, 7) is 7.58. The highest BCUT2D eigenvalue weighted by Gasteiger charge is 2.14. The van der Waals surface area contributed by atoms with Crippen molar-refractivity contribution in [1.29, 1.82) is 0 Å². The number of aryl methyl sites for hydroxylation is 2. The van der Waals surface area contributed by atoms with Crippen LogP contribution in [-0.2, 0) is 22.4 Å². The van der Waals surface area contributed by atoms with Crippen molar-refractivity contribution in [3.05, 3.63) is 95.6 Å². The number of hydrogen-bond donors (Lipinski definition) is 1. The molecule has 0 spiro atoms. The topological polar surface area (TPSA) is 82.1 Å². The third-order valence-electron chi connectivity index (χ3n) is 5.58. The second-order valence-electron chi connectivity index (χ2n) is 8.34. The van der Waals surface area contributed by atoms with E-state index < -0.39 is 11.9 Å². The van der Waals surface area contributed by atoms with E-state index in [0.717, 1.165) is 28.7 Å². The fourth-order valence-electron chi connectivity index (χ4n) is 3.69. The Balaban J connectivity index is 1.81. The highest BCUT2D eigenvalue weighted by molar-refractivity contribution is 5.92. The lowest BCUT2D eigenvalue weighted by Crippen LogP contribution is -2.13. The molecule has 0 aliphatic heterocycles. The number of esters is 2. The predicted molar refractivity (Wildman–Crippen MR) is 139 cm³/mol. The smallest absolute Gasteiger partial charge is 0.343 e. The van der Waals surface area contributed by atoms with Gasteiger partial charge in [-0.05, 0) is 78.8 Å². The van der Waals surface area contributed by atoms with E-state index in [1.165, 1.54) is 0 Å². The van der Waals surface area contributed by atoms with E-state index in [2.05, 4.69) is 6.58 Å². The van der Waals surface area contributed by atoms with Crippen LogP contribution >= 0.6 is 0 Å². The molecule has 0 atom stereocenters. The first kappa shape index (κ1) is 26.7. The molecule has 188 valence electrons. The molecular formula is C30H32O6. The van der Waals surface area contributed by atoms with Gasteiger partial charge in [-0.2, -0.15) is 0 Å². The van der Waals surface area contributed by atoms with E-state index >= 15 is 0 Å². The van der Waals surface area contributed by atoms with Crippen LogP contribution in [0.5, 0.6) is 11.5 Å². The lowest BCUT2D eigenvalue weighted by atomic mass is 9.94. The van der Waals surface area contributed by atoms with E-state index in [9.17, 15) is 14.7 Å². The number of hydrogen-bond acceptors (Lipinski definition) is 6. The molecule has 0 saturated carbocycles. The maximum absolute atomic E-state index is 12.7. The second-order valence-corrected chi connectivity index (χ2v) is 8.34. The molecule has 36 heavy (non-hydrogen) atoms. The van der Waals surface area contributed by atoms with Crippen LogP contribution in [0.25, 0.3) is 11.1 Å². The summed E-state index contributed by atoms with van der Waals surface area (Å²) in [6, 6.07) is 20.5. The number of ether oxygens (including phenoxy) is 3. The largest absolute Gasteiger partial charge is 0.490 e. The Morgan fingerprint density at radius 2 is 1.72 bits per heavy atom. The van der Waals surface area contributed by atoms with Gasteiger partial charge in [0.25, 0.3) is 0 Å². The molecule has 0 radical (unpaired) electrons. The first-order valence-corrected chi connectivity index (χ1v) is 12.0. The Morgan fingerprint density at radius 1 is 0.944 bits per heavy atom. The molecule has 6 heteroatoms. The zero-order chi connectivity index (χ0) is 25.9. The van der Waals surface area contributed by atoms with Crippen molar-refractivity contribution < 1.29 is 28.9 Å². The summed E-state index contributed by atoms with van der Waals surface area (Å²) in [5.74, 6) is 0.308. The Labute approximate surface area is 212 Å². The van der Waals surface area contributed by atoms with Crippen LogP contribution in [0.15, 0.2) is 78.9 Å². The van der Waals surface area contributed by atoms with Crippen molar-refractivity contribution in [2.45, 2.75) is 33.1 Å². The Morgan fingerprint density at radius 3 is 2.42 bits per heavy atom. The van der Waals surface area contributed by atoms with Gasteiger partial charge in [-0.25, -0.2) is 9.59 Å². The van der Waals surface area contributed by atoms with Gasteiger partial charge in [0.05, 0.1) is 5.56 Å². The molecule has 3 aromatic carbocycles. The summed E-state index contributed by atoms with van der Waals surface area (Å²) < 4.78 is 16.6. The Hall–Kier alpha value is -3.90. The quantitative estimate of drug-likeness (QED) is 0.156. The molecule has 0 bridgehead atoms. The van der Waals surface area contributed by atoms with Crippen molar-refractivity contribution in [3.8, 4) is 22.6 Å². The summed E-state index contributed by atoms with van der Waals surface area (Å²) in [5, 5.41) is 9.27. The van der Waals surface area contributed by atoms with Crippen LogP contribution < -0.4 is 9.47 Å². The number of aliphatic hydroxyl groups excluding tert-OH is 1. The van der Waals surface area contributed by atoms with Crippen LogP contribution in [0.2, 0.25) is 0 Å². The van der Waals surface area contributed by atoms with Crippen molar-refractivity contribution in [3.63, 3.8) is 0 Å². The average Bonchev–Trinajstić information content (AvgIpc) is 2.90. The number of carbonyl (C=O) groups is 2. The molecule has 0 saturated heterocycles. The van der Waals surface area contributed by atoms with E-state index in [1.54, 1.807) is 25.1 Å². The molecule has 0 heterocycles. The first-order valence-electron chi connectivity index (χ1n) is 12.0. The molecule has 0 aromatic heterocycles. The predicted octanol–water partition coefficient (Wildman–Crippen LogP) is 5.56. The molecule has 1 N–H and O–H groups in total. The van der Waals surface area contributed by atoms with Gasteiger partial charge < -0.3 is 19.3 Å². The first-order chi connectivity index (χ1) is 17.4. The summed E-state index contributed by atoms with van der Waals surface area (Å²) in [4.78, 5) is 24.3. The van der Waals surface area contributed by atoms with E-state index in [1.807, 2.05) is 55.5 Å². The maximum atomic E-state index is 12.7. The van der Waals surface area contributed by atoms with E-state index in [0.29, 0.717) is 35.5 Å². The summed E-state index contributed by atoms with van der Waals surface area (Å²) >= 11 is 0. The molecule has 3 aromatic rings. The highest BCUT2D eigenvalue weighted by Crippen LogP contribution is 2.31. The Bertz CT molecular complexity index is 1200. The molecule has 0 aliphatic carbocycles. The van der Waals surface area contributed by atoms with Crippen LogP contribution in [0.4, 0.5) is 0 Å². The van der Waals surface area contributed by atoms with Gasteiger partial charge in [-0.1, -0.05) is 49.9 Å². The van der Waals surface area contributed by atoms with Crippen LogP contribution in [0.1, 0.15) is 41.8 Å². The average molecular weight is 489 g/mol. The van der Waals surface area contributed by atoms with Gasteiger partial charge in [0.1, 0.15) is 24.7 Å². The van der Waals surface area contributed by atoms with E-state index in [4.69, 9.17) is 14.2 Å². The maximum Gasteiger partial charge on any atom is 0.343 e. The van der Waals surface area contributed by atoms with Gasteiger partial charge in [-0.15, -0.1) is 0 Å². The summed E-state index contributed by atoms with van der Waals surface area (Å²) in [7, 11) is 0. The summed E-state index contributed by atoms with van der Waals surface area (Å²) in [6.07, 6.45) is 1.99. The monoisotopic (exact) mass is 488 g/mol. The molecule has 0 amide bonds. The molecule has 0 unspecified atom stereocenters. The minimum atomic E-state index is -0.452. The number of aliphatic hydroxyl groups is 1. The molecule has 6 nitrogen and oxygen atoms in total. The minimum Gasteiger partial charge on any atom is -0.490 e. The number of benzene rings is 3. The van der Waals surface area contributed by atoms with Gasteiger partial charge >= 0.3 is 11.9 Å². The zero-order valence-corrected chi connectivity index (χ0v) is 20.8. The third-order valence-corrected chi connectivity index (χ3v) is 5.58. The lowest BCUT2D eigenvalue weighted by molar-refractivity contribution is -0.139. The molecular weight excluding hydrogens is 456 g/mol. The van der Waals surface area contributed by atoms with Gasteiger partial charge in [0, 0.05) is 12.2 Å². The standard InChI is InChI=1S/C30H32O6/c1-4-22-19-25(30(33)36-26-10-6-5-7-11-26)14-15-27(22)24-13-12-23(9-8-16-31)28(20-24)34-17-18-35-29(32)21(2)3/h5-7,10-15,19-20,31H,2,4,8-9,16-18H2,1,3H3. The fourth-order valence-corrected chi connectivity index (χ4v) is 3.69. The molecule has 3 rings (SSSR count). The normalized spacial score (nSPS) is 10.5. The van der Waals surface area contributed by atoms with Crippen LogP contribution in [0.3, 0.4) is 0 Å². The fraction of sp³-hybridized carbons (Fsp3) is 0.267. The lowest BCUT2D eigenvalue weighted by Gasteiger charge is -2.16. The molecule has 0 aliphatic rings. The van der Waals surface area contributed by atoms with Crippen LogP contribution in [-0.4, -0.2) is 36.9 Å². The molecule has 0 fully saturated rings. The second kappa shape index (κ2) is 13.3. The van der Waals surface area contributed by atoms with Crippen molar-refractivity contribution in [2.24, 2.45) is 0 Å². The number of carbonyl (C=O) groups excluding carboxylic acids is 2. The number of rotatable bonds is 12. The van der Waals surface area contributed by atoms with Gasteiger partial charge in [0.15, 0.2) is 0 Å². The van der Waals surface area contributed by atoms with Gasteiger partial charge in [0.2, 0.25) is 0 Å². The third kappa shape index (κ3) is 7.30. The van der Waals surface area contributed by atoms with Crippen molar-refractivity contribution in [2.75, 3.05) is 19.8 Å². The highest BCUT2D eigenvalue weighted by atomic mass is 16.6. The SMILES string of the molecule is C=C(C)C(=O)OCCOc1cc(-c2ccc(C(=O)Oc3ccccc3)cc2CC)ccc1CCCO. The minimum absolute atomic E-state index is 0.0813. The van der Waals surface area contributed by atoms with Crippen LogP contribution in [0, 0.1) is 0 Å². The zero-order valence-electron chi connectivity index (χ0n) is 20.8. The van der Waals surface area contributed by atoms with Crippen molar-refractivity contribution >= 4 is 11.9 Å². The Kier molecular flexibility index (Phi) is 9.83. The summed E-state index contributed by atoms with van der Waals surface area (Å²) in [5.41, 5.74) is 4.71. The number of para-hydroxylation sites is 1. The van der Waals surface area contributed by atoms with Crippen molar-refractivity contribution in [1.82, 2.24) is 0 Å². The van der Waals surface area contributed by atoms with Gasteiger partial charge in [-0.3, -0.25) is 0 Å².